The molecule has 0 aliphatic carbocycles. The van der Waals surface area contributed by atoms with E-state index in [1.807, 2.05) is 49.6 Å². The smallest absolute Gasteiger partial charge is 0.410 e. The van der Waals surface area contributed by atoms with E-state index in [-0.39, 0.29) is 18.1 Å². The quantitative estimate of drug-likeness (QED) is 0.244. The van der Waals surface area contributed by atoms with Crippen molar-refractivity contribution >= 4 is 61.8 Å². The van der Waals surface area contributed by atoms with Crippen LogP contribution in [0.25, 0.3) is 10.2 Å². The Morgan fingerprint density at radius 1 is 1.21 bits per heavy atom. The number of fused-ring (bicyclic) bond motifs is 1. The van der Waals surface area contributed by atoms with Gasteiger partial charge in [-0.3, -0.25) is 19.1 Å². The number of thioether (sulfide) groups is 1. The number of nitrogens with zero attached hydrogens (tertiary/aromatic N) is 4. The van der Waals surface area contributed by atoms with Gasteiger partial charge in [0.15, 0.2) is 10.3 Å². The summed E-state index contributed by atoms with van der Waals surface area (Å²) in [6.07, 6.45) is 0.816. The first-order valence-corrected chi connectivity index (χ1v) is 14.8. The fourth-order valence-electron chi connectivity index (χ4n) is 4.30. The number of carbonyl (C=O) groups is 2. The van der Waals surface area contributed by atoms with Crippen molar-refractivity contribution in [3.8, 4) is 0 Å². The van der Waals surface area contributed by atoms with Crippen molar-refractivity contribution < 1.29 is 14.3 Å². The highest BCUT2D eigenvalue weighted by Gasteiger charge is 2.35. The van der Waals surface area contributed by atoms with E-state index < -0.39 is 12.1 Å². The fraction of sp³-hybridized carbons (Fsp3) is 0.346. The highest BCUT2D eigenvalue weighted by molar-refractivity contribution is 7.98. The zero-order valence-corrected chi connectivity index (χ0v) is 23.7. The number of thiazole rings is 1. The SMILES string of the molecule is Cc1sc2nc(SCc3csc(NC(=O)C4CCCN4C(=O)OCc4ccccc4)n3)n(C)c(=O)c2c1C. The van der Waals surface area contributed by atoms with Crippen molar-refractivity contribution in [3.05, 3.63) is 67.8 Å². The number of aryl methyl sites for hydroxylation is 2. The van der Waals surface area contributed by atoms with Crippen molar-refractivity contribution in [2.24, 2.45) is 7.05 Å². The van der Waals surface area contributed by atoms with E-state index in [0.717, 1.165) is 32.9 Å². The maximum atomic E-state index is 13.0. The summed E-state index contributed by atoms with van der Waals surface area (Å²) in [7, 11) is 1.73. The Morgan fingerprint density at radius 3 is 2.79 bits per heavy atom. The van der Waals surface area contributed by atoms with E-state index in [1.54, 1.807) is 11.6 Å². The molecule has 1 fully saturated rings. The fourth-order valence-corrected chi connectivity index (χ4v) is 7.06. The van der Waals surface area contributed by atoms with Crippen LogP contribution in [0.15, 0.2) is 45.7 Å². The standard InChI is InChI=1S/C26H27N5O4S3/c1-15-16(2)38-22-20(15)23(33)30(3)25(29-22)37-14-18-13-36-24(27-18)28-21(32)19-10-7-11-31(19)26(34)35-12-17-8-5-4-6-9-17/h4-6,8-9,13,19H,7,10-12,14H2,1-3H3,(H,27,28,32). The average molecular weight is 570 g/mol. The number of anilines is 1. The number of amides is 2. The van der Waals surface area contributed by atoms with E-state index in [9.17, 15) is 14.4 Å². The molecule has 38 heavy (non-hydrogen) atoms. The monoisotopic (exact) mass is 569 g/mol. The Bertz CT molecular complexity index is 1550. The summed E-state index contributed by atoms with van der Waals surface area (Å²) in [6.45, 7) is 4.59. The summed E-state index contributed by atoms with van der Waals surface area (Å²) in [6, 6.07) is 8.85. The van der Waals surface area contributed by atoms with E-state index in [1.165, 1.54) is 39.3 Å². The molecule has 1 aliphatic heterocycles. The van der Waals surface area contributed by atoms with Crippen LogP contribution in [0.5, 0.6) is 0 Å². The van der Waals surface area contributed by atoms with E-state index in [0.29, 0.717) is 34.4 Å². The number of rotatable bonds is 7. The van der Waals surface area contributed by atoms with Gasteiger partial charge >= 0.3 is 6.09 Å². The van der Waals surface area contributed by atoms with Gasteiger partial charge in [0.2, 0.25) is 5.91 Å². The van der Waals surface area contributed by atoms with Crippen LogP contribution in [0.3, 0.4) is 0 Å². The zero-order valence-electron chi connectivity index (χ0n) is 21.2. The molecule has 1 N–H and O–H groups in total. The molecular formula is C26H27N5O4S3. The minimum atomic E-state index is -0.594. The third-order valence-corrected chi connectivity index (χ3v) is 9.47. The average Bonchev–Trinajstić information content (AvgIpc) is 3.64. The number of thiophene rings is 1. The molecule has 1 saturated heterocycles. The van der Waals surface area contributed by atoms with Gasteiger partial charge < -0.3 is 10.1 Å². The van der Waals surface area contributed by atoms with Crippen molar-refractivity contribution in [2.45, 2.75) is 50.2 Å². The van der Waals surface area contributed by atoms with Crippen LogP contribution in [0, 0.1) is 13.8 Å². The van der Waals surface area contributed by atoms with E-state index in [2.05, 4.69) is 10.3 Å². The largest absolute Gasteiger partial charge is 0.445 e. The van der Waals surface area contributed by atoms with Crippen molar-refractivity contribution in [1.82, 2.24) is 19.4 Å². The summed E-state index contributed by atoms with van der Waals surface area (Å²) in [5, 5.41) is 6.51. The Balaban J connectivity index is 1.19. The molecule has 3 aromatic heterocycles. The first-order valence-electron chi connectivity index (χ1n) is 12.1. The van der Waals surface area contributed by atoms with Gasteiger partial charge in [0.25, 0.3) is 5.56 Å². The minimum Gasteiger partial charge on any atom is -0.445 e. The van der Waals surface area contributed by atoms with Crippen LogP contribution in [0.4, 0.5) is 9.93 Å². The third kappa shape index (κ3) is 5.47. The van der Waals surface area contributed by atoms with Gasteiger partial charge in [-0.05, 0) is 37.8 Å². The normalized spacial score (nSPS) is 15.2. The second kappa shape index (κ2) is 11.3. The number of hydrogen-bond donors (Lipinski definition) is 1. The van der Waals surface area contributed by atoms with Crippen LogP contribution in [0.2, 0.25) is 0 Å². The second-order valence-electron chi connectivity index (χ2n) is 9.04. The summed E-state index contributed by atoms with van der Waals surface area (Å²) in [5.74, 6) is 0.230. The van der Waals surface area contributed by atoms with Crippen molar-refractivity contribution in [3.63, 3.8) is 0 Å². The first kappa shape index (κ1) is 26.4. The topological polar surface area (TPSA) is 106 Å². The predicted octanol–water partition coefficient (Wildman–Crippen LogP) is 5.10. The molecule has 0 radical (unpaired) electrons. The molecule has 9 nitrogen and oxygen atoms in total. The number of hydrogen-bond acceptors (Lipinski definition) is 9. The van der Waals surface area contributed by atoms with Crippen LogP contribution in [-0.2, 0) is 28.9 Å². The lowest BCUT2D eigenvalue weighted by Gasteiger charge is -2.22. The second-order valence-corrected chi connectivity index (χ2v) is 12.0. The van der Waals surface area contributed by atoms with Gasteiger partial charge in [-0.2, -0.15) is 0 Å². The van der Waals surface area contributed by atoms with E-state index >= 15 is 0 Å². The predicted molar refractivity (Wildman–Crippen MR) is 151 cm³/mol. The van der Waals surface area contributed by atoms with Gasteiger partial charge in [-0.15, -0.1) is 22.7 Å². The molecular weight excluding hydrogens is 543 g/mol. The summed E-state index contributed by atoms with van der Waals surface area (Å²) >= 11 is 4.29. The molecule has 1 aliphatic rings. The van der Waals surface area contributed by atoms with Gasteiger partial charge in [0.05, 0.1) is 11.1 Å². The van der Waals surface area contributed by atoms with E-state index in [4.69, 9.17) is 9.72 Å². The van der Waals surface area contributed by atoms with Gasteiger partial charge in [-0.25, -0.2) is 14.8 Å². The number of aromatic nitrogens is 3. The maximum Gasteiger partial charge on any atom is 0.410 e. The Labute approximate surface area is 231 Å². The summed E-state index contributed by atoms with van der Waals surface area (Å²) < 4.78 is 7.01. The maximum absolute atomic E-state index is 13.0. The van der Waals surface area contributed by atoms with Crippen LogP contribution >= 0.6 is 34.4 Å². The molecule has 4 heterocycles. The number of benzene rings is 1. The minimum absolute atomic E-state index is 0.0472. The molecule has 2 amide bonds. The molecule has 0 spiro atoms. The molecule has 4 aromatic rings. The Hall–Kier alpha value is -3.22. The molecule has 5 rings (SSSR count). The van der Waals surface area contributed by atoms with Crippen molar-refractivity contribution in [2.75, 3.05) is 11.9 Å². The molecule has 1 atom stereocenters. The van der Waals surface area contributed by atoms with Crippen LogP contribution in [-0.4, -0.2) is 44.0 Å². The number of nitrogens with one attached hydrogen (secondary N) is 1. The highest BCUT2D eigenvalue weighted by Crippen LogP contribution is 2.30. The lowest BCUT2D eigenvalue weighted by molar-refractivity contribution is -0.120. The number of carbonyl (C=O) groups excluding carboxylic acids is 2. The number of ether oxygens (including phenoxy) is 1. The molecule has 12 heteroatoms. The summed E-state index contributed by atoms with van der Waals surface area (Å²) in [4.78, 5) is 51.0. The Kier molecular flexibility index (Phi) is 7.82. The first-order chi connectivity index (χ1) is 18.3. The summed E-state index contributed by atoms with van der Waals surface area (Å²) in [5.41, 5.74) is 2.60. The van der Waals surface area contributed by atoms with Gasteiger partial charge in [0.1, 0.15) is 17.5 Å². The molecule has 1 aromatic carbocycles. The zero-order chi connectivity index (χ0) is 26.8. The van der Waals surface area contributed by atoms with Crippen molar-refractivity contribution in [1.29, 1.82) is 0 Å². The lowest BCUT2D eigenvalue weighted by Crippen LogP contribution is -2.43. The van der Waals surface area contributed by atoms with Crippen LogP contribution in [0.1, 0.15) is 34.5 Å². The molecule has 0 saturated carbocycles. The third-order valence-electron chi connectivity index (χ3n) is 6.50. The van der Waals surface area contributed by atoms with Gasteiger partial charge in [-0.1, -0.05) is 42.1 Å². The molecule has 198 valence electrons. The van der Waals surface area contributed by atoms with Gasteiger partial charge in [0, 0.05) is 29.6 Å². The van der Waals surface area contributed by atoms with Crippen LogP contribution < -0.4 is 10.9 Å². The molecule has 1 unspecified atom stereocenters. The lowest BCUT2D eigenvalue weighted by atomic mass is 10.2. The Morgan fingerprint density at radius 2 is 2.00 bits per heavy atom. The highest BCUT2D eigenvalue weighted by atomic mass is 32.2. The molecule has 0 bridgehead atoms. The number of likely N-dealkylation sites (tertiary alicyclic amines) is 1.